The number of hydrogen-bond acceptors (Lipinski definition) is 13. The van der Waals surface area contributed by atoms with Crippen molar-refractivity contribution in [3.8, 4) is 0 Å². The molecule has 0 aromatic carbocycles. The Bertz CT molecular complexity index is 1740. The van der Waals surface area contributed by atoms with Crippen LogP contribution in [0.4, 0.5) is 5.82 Å². The predicted octanol–water partition coefficient (Wildman–Crippen LogP) is 1.43. The summed E-state index contributed by atoms with van der Waals surface area (Å²) in [5.41, 5.74) is 11.5. The Morgan fingerprint density at radius 2 is 1.86 bits per heavy atom. The molecular formula is C30H33N9O5. The molecule has 6 aliphatic rings. The number of nitrogens with zero attached hydrogens (tertiary/aromatic N) is 7. The third-order valence-electron chi connectivity index (χ3n) is 9.31. The van der Waals surface area contributed by atoms with Gasteiger partial charge in [-0.25, -0.2) is 19.7 Å². The van der Waals surface area contributed by atoms with Crippen molar-refractivity contribution in [3.05, 3.63) is 48.0 Å². The molecule has 6 atom stereocenters. The third kappa shape index (κ3) is 4.55. The fraction of sp³-hybridized carbons (Fsp3) is 0.500. The fourth-order valence-electron chi connectivity index (χ4n) is 6.99. The summed E-state index contributed by atoms with van der Waals surface area (Å²) < 4.78 is 13.4. The van der Waals surface area contributed by atoms with Crippen molar-refractivity contribution in [2.45, 2.75) is 87.5 Å². The van der Waals surface area contributed by atoms with E-state index in [9.17, 15) is 15.0 Å². The Hall–Kier alpha value is -4.27. The SMILES string of the molecule is Nc1ncnc2c1ncn2[C@@H]1O[C@H](COC(=O)C23CCC(=N2)C=C2CCC(=CC4=NC(=CC5=NC3CC5)CC4)N2)[C@@H](O)[C@H]1O. The Morgan fingerprint density at radius 3 is 2.73 bits per heavy atom. The van der Waals surface area contributed by atoms with E-state index in [-0.39, 0.29) is 18.5 Å². The van der Waals surface area contributed by atoms with Crippen molar-refractivity contribution in [1.82, 2.24) is 24.8 Å². The highest BCUT2D eigenvalue weighted by Crippen LogP contribution is 2.40. The van der Waals surface area contributed by atoms with Gasteiger partial charge in [-0.1, -0.05) is 0 Å². The zero-order chi connectivity index (χ0) is 30.0. The number of fused-ring (bicyclic) bond motifs is 7. The molecule has 0 amide bonds. The number of aromatic nitrogens is 4. The predicted molar refractivity (Wildman–Crippen MR) is 160 cm³/mol. The molecule has 0 spiro atoms. The molecule has 14 heteroatoms. The van der Waals surface area contributed by atoms with E-state index in [0.29, 0.717) is 30.4 Å². The summed E-state index contributed by atoms with van der Waals surface area (Å²) in [6.45, 7) is -0.272. The number of carbonyl (C=O) groups is 1. The number of hydrogen-bond donors (Lipinski definition) is 4. The summed E-state index contributed by atoms with van der Waals surface area (Å²) in [7, 11) is 0. The molecule has 14 nitrogen and oxygen atoms in total. The van der Waals surface area contributed by atoms with Gasteiger partial charge in [-0.3, -0.25) is 19.5 Å². The Labute approximate surface area is 252 Å². The van der Waals surface area contributed by atoms with Crippen LogP contribution in [-0.4, -0.2) is 89.3 Å². The number of rotatable bonds is 4. The van der Waals surface area contributed by atoms with Gasteiger partial charge in [-0.15, -0.1) is 0 Å². The van der Waals surface area contributed by atoms with E-state index < -0.39 is 36.0 Å². The van der Waals surface area contributed by atoms with Crippen LogP contribution in [0.15, 0.2) is 63.0 Å². The highest BCUT2D eigenvalue weighted by atomic mass is 16.6. The van der Waals surface area contributed by atoms with Crippen molar-refractivity contribution in [2.75, 3.05) is 12.3 Å². The van der Waals surface area contributed by atoms with Gasteiger partial charge in [-0.05, 0) is 69.6 Å². The molecular weight excluding hydrogens is 566 g/mol. The van der Waals surface area contributed by atoms with E-state index >= 15 is 0 Å². The van der Waals surface area contributed by atoms with E-state index in [1.54, 1.807) is 0 Å². The lowest BCUT2D eigenvalue weighted by Gasteiger charge is -2.29. The molecule has 2 unspecified atom stereocenters. The van der Waals surface area contributed by atoms with Gasteiger partial charge in [0.05, 0.1) is 12.4 Å². The first kappa shape index (κ1) is 27.3. The Kier molecular flexibility index (Phi) is 6.46. The smallest absolute Gasteiger partial charge is 0.336 e. The molecule has 0 radical (unpaired) electrons. The number of nitrogens with one attached hydrogen (secondary N) is 1. The molecule has 8 bridgehead atoms. The lowest BCUT2D eigenvalue weighted by Crippen LogP contribution is -2.47. The third-order valence-corrected chi connectivity index (χ3v) is 9.31. The first-order valence-electron chi connectivity index (χ1n) is 15.1. The van der Waals surface area contributed by atoms with Gasteiger partial charge in [0.25, 0.3) is 0 Å². The van der Waals surface area contributed by atoms with Crippen LogP contribution in [0, 0.1) is 0 Å². The highest BCUT2D eigenvalue weighted by Gasteiger charge is 2.52. The molecule has 2 saturated heterocycles. The number of carbonyl (C=O) groups excluding carboxylic acids is 1. The molecule has 2 fully saturated rings. The molecule has 8 rings (SSSR count). The summed E-state index contributed by atoms with van der Waals surface area (Å²) in [6, 6.07) is -0.381. The summed E-state index contributed by atoms with van der Waals surface area (Å²) in [6.07, 6.45) is 10.4. The van der Waals surface area contributed by atoms with Crippen molar-refractivity contribution < 1.29 is 24.5 Å². The van der Waals surface area contributed by atoms with Crippen LogP contribution in [0.25, 0.3) is 11.2 Å². The minimum Gasteiger partial charge on any atom is -0.461 e. The van der Waals surface area contributed by atoms with Crippen molar-refractivity contribution in [1.29, 1.82) is 0 Å². The van der Waals surface area contributed by atoms with E-state index in [4.69, 9.17) is 30.2 Å². The first-order valence-corrected chi connectivity index (χ1v) is 15.1. The van der Waals surface area contributed by atoms with Crippen LogP contribution in [0.5, 0.6) is 0 Å². The van der Waals surface area contributed by atoms with E-state index in [1.807, 2.05) is 6.08 Å². The van der Waals surface area contributed by atoms with Crippen molar-refractivity contribution in [2.24, 2.45) is 15.0 Å². The maximum absolute atomic E-state index is 14.0. The maximum atomic E-state index is 14.0. The molecule has 228 valence electrons. The molecule has 5 N–H and O–H groups in total. The molecule has 44 heavy (non-hydrogen) atoms. The summed E-state index contributed by atoms with van der Waals surface area (Å²) >= 11 is 0. The molecule has 2 aromatic rings. The number of allylic oxidation sites excluding steroid dienone is 6. The lowest BCUT2D eigenvalue weighted by atomic mass is 9.86. The second-order valence-electron chi connectivity index (χ2n) is 12.1. The van der Waals surface area contributed by atoms with E-state index in [0.717, 1.165) is 66.3 Å². The zero-order valence-electron chi connectivity index (χ0n) is 24.0. The number of aliphatic imine (C=N–C) groups is 3. The fourth-order valence-corrected chi connectivity index (χ4v) is 6.99. The molecule has 2 aromatic heterocycles. The van der Waals surface area contributed by atoms with Crippen LogP contribution < -0.4 is 11.1 Å². The van der Waals surface area contributed by atoms with Gasteiger partial charge in [0.1, 0.15) is 36.8 Å². The quantitative estimate of drug-likeness (QED) is 0.373. The maximum Gasteiger partial charge on any atom is 0.336 e. The first-order chi connectivity index (χ1) is 21.4. The number of esters is 1. The monoisotopic (exact) mass is 599 g/mol. The number of nitrogens with two attached hydrogens (primary N) is 1. The van der Waals surface area contributed by atoms with Gasteiger partial charge >= 0.3 is 5.97 Å². The second-order valence-corrected chi connectivity index (χ2v) is 12.1. The van der Waals surface area contributed by atoms with E-state index in [1.165, 1.54) is 17.2 Å². The van der Waals surface area contributed by atoms with Gasteiger partial charge in [-0.2, -0.15) is 0 Å². The number of aliphatic hydroxyl groups is 2. The number of nitrogen functional groups attached to an aromatic ring is 1. The topological polar surface area (TPSA) is 195 Å². The Balaban J connectivity index is 1.05. The lowest BCUT2D eigenvalue weighted by molar-refractivity contribution is -0.157. The minimum atomic E-state index is -1.32. The van der Waals surface area contributed by atoms with Gasteiger partial charge < -0.3 is 30.7 Å². The average Bonchev–Trinajstić information content (AvgIpc) is 3.85. The van der Waals surface area contributed by atoms with Crippen LogP contribution in [0.3, 0.4) is 0 Å². The van der Waals surface area contributed by atoms with Gasteiger partial charge in [0, 0.05) is 34.2 Å². The number of aliphatic hydroxyl groups excluding tert-OH is 2. The standard InChI is InChI=1S/C30H33N9O5/c31-26-23-27(33-13-32-26)39(14-34-23)28-25(41)24(40)21(44-28)12-43-29(42)30-8-7-20(38-30)11-18-4-3-16(36-18)9-15-1-2-17(35-15)10-19-5-6-22(30)37-19/h9-11,13-14,21-22,24-25,28,36,40-41H,1-8,12H2,(H2,31,32,33)/t21-,22?,24-,25-,28-,30?/m1/s1. The second kappa shape index (κ2) is 10.4. The normalized spacial score (nSPS) is 32.6. The van der Waals surface area contributed by atoms with Crippen LogP contribution >= 0.6 is 0 Å². The summed E-state index contributed by atoms with van der Waals surface area (Å²) in [4.78, 5) is 41.2. The van der Waals surface area contributed by atoms with Crippen LogP contribution in [-0.2, 0) is 14.3 Å². The van der Waals surface area contributed by atoms with E-state index in [2.05, 4.69) is 32.4 Å². The number of anilines is 1. The van der Waals surface area contributed by atoms with Crippen LogP contribution in [0.2, 0.25) is 0 Å². The summed E-state index contributed by atoms with van der Waals surface area (Å²) in [5.74, 6) is -0.325. The number of ether oxygens (including phenoxy) is 2. The molecule has 8 heterocycles. The summed E-state index contributed by atoms with van der Waals surface area (Å²) in [5, 5.41) is 25.2. The van der Waals surface area contributed by atoms with Gasteiger partial charge in [0.15, 0.2) is 23.2 Å². The van der Waals surface area contributed by atoms with Crippen molar-refractivity contribution >= 4 is 40.1 Å². The molecule has 0 aliphatic carbocycles. The van der Waals surface area contributed by atoms with Gasteiger partial charge in [0.2, 0.25) is 0 Å². The number of imidazole rings is 1. The van der Waals surface area contributed by atoms with Crippen LogP contribution in [0.1, 0.15) is 57.6 Å². The Morgan fingerprint density at radius 1 is 1.02 bits per heavy atom. The molecule has 0 saturated carbocycles. The largest absolute Gasteiger partial charge is 0.461 e. The minimum absolute atomic E-state index is 0.188. The van der Waals surface area contributed by atoms with Crippen molar-refractivity contribution in [3.63, 3.8) is 0 Å². The average molecular weight is 600 g/mol. The molecule has 6 aliphatic heterocycles. The zero-order valence-corrected chi connectivity index (χ0v) is 24.0. The highest BCUT2D eigenvalue weighted by molar-refractivity contribution is 6.04.